The maximum atomic E-state index is 11.4. The Morgan fingerprint density at radius 3 is 2.70 bits per heavy atom. The van der Waals surface area contributed by atoms with Crippen molar-refractivity contribution in [3.63, 3.8) is 0 Å². The molecule has 0 bridgehead atoms. The molecule has 0 heterocycles. The van der Waals surface area contributed by atoms with E-state index >= 15 is 0 Å². The van der Waals surface area contributed by atoms with Crippen LogP contribution in [0.25, 0.3) is 0 Å². The molecule has 0 amide bonds. The highest BCUT2D eigenvalue weighted by molar-refractivity contribution is 5.69. The Bertz CT molecular complexity index is 771. The molecule has 3 nitrogen and oxygen atoms in total. The van der Waals surface area contributed by atoms with Gasteiger partial charge in [-0.2, -0.15) is 0 Å². The van der Waals surface area contributed by atoms with Crippen molar-refractivity contribution in [2.75, 3.05) is 0 Å². The van der Waals surface area contributed by atoms with Crippen LogP contribution in [0.5, 0.6) is 5.75 Å². The molecular weight excluding hydrogens is 372 g/mol. The first-order valence-electron chi connectivity index (χ1n) is 12.4. The Balaban J connectivity index is 1.64. The van der Waals surface area contributed by atoms with Crippen LogP contribution in [0.15, 0.2) is 18.2 Å². The van der Waals surface area contributed by atoms with Crippen molar-refractivity contribution >= 4 is 5.97 Å². The van der Waals surface area contributed by atoms with Gasteiger partial charge in [0, 0.05) is 6.92 Å². The highest BCUT2D eigenvalue weighted by Gasteiger charge is 2.61. The van der Waals surface area contributed by atoms with Gasteiger partial charge in [0.1, 0.15) is 5.75 Å². The summed E-state index contributed by atoms with van der Waals surface area (Å²) in [4.78, 5) is 11.4. The van der Waals surface area contributed by atoms with E-state index in [9.17, 15) is 9.90 Å². The third-order valence-corrected chi connectivity index (χ3v) is 9.00. The van der Waals surface area contributed by atoms with E-state index < -0.39 is 0 Å². The zero-order valence-corrected chi connectivity index (χ0v) is 19.2. The third kappa shape index (κ3) is 3.72. The van der Waals surface area contributed by atoms with Crippen LogP contribution in [0.4, 0.5) is 0 Å². The SMILES string of the molecule is CCCCCCC[C@@]12CCc3cc(OC(C)=O)ccc3[C@H]1CC[C@@]1(C)[C@H]2CC[C@@H]1O. The predicted molar refractivity (Wildman–Crippen MR) is 121 cm³/mol. The Hall–Kier alpha value is -1.35. The van der Waals surface area contributed by atoms with Crippen molar-refractivity contribution in [3.8, 4) is 5.75 Å². The second-order valence-corrected chi connectivity index (χ2v) is 10.6. The molecule has 1 N–H and O–H groups in total. The fourth-order valence-electron chi connectivity index (χ4n) is 7.57. The molecule has 3 aliphatic rings. The standard InChI is InChI=1S/C27H40O3/c1-4-5-6-7-8-15-27-17-13-20-18-21(30-19(2)28)9-10-22(20)23(27)14-16-26(3)24(27)11-12-25(26)29/h9-10,18,23-25,29H,4-8,11-17H2,1-3H3/t23-,24-,25+,26+,27-/m1/s1. The largest absolute Gasteiger partial charge is 0.427 e. The molecule has 166 valence electrons. The van der Waals surface area contributed by atoms with Gasteiger partial charge < -0.3 is 9.84 Å². The second-order valence-electron chi connectivity index (χ2n) is 10.6. The molecule has 0 radical (unpaired) electrons. The number of benzene rings is 1. The number of ether oxygens (including phenoxy) is 1. The maximum Gasteiger partial charge on any atom is 0.308 e. The van der Waals surface area contributed by atoms with Gasteiger partial charge >= 0.3 is 5.97 Å². The fourth-order valence-corrected chi connectivity index (χ4v) is 7.57. The summed E-state index contributed by atoms with van der Waals surface area (Å²) in [5.74, 6) is 1.65. The average Bonchev–Trinajstić information content (AvgIpc) is 3.02. The van der Waals surface area contributed by atoms with Crippen molar-refractivity contribution in [1.82, 2.24) is 0 Å². The van der Waals surface area contributed by atoms with Crippen molar-refractivity contribution in [2.45, 2.75) is 110 Å². The third-order valence-electron chi connectivity index (χ3n) is 9.00. The lowest BCUT2D eigenvalue weighted by atomic mass is 9.46. The van der Waals surface area contributed by atoms with Gasteiger partial charge in [0.15, 0.2) is 0 Å². The van der Waals surface area contributed by atoms with Crippen LogP contribution in [0.3, 0.4) is 0 Å². The summed E-state index contributed by atoms with van der Waals surface area (Å²) in [6.45, 7) is 6.13. The van der Waals surface area contributed by atoms with Crippen molar-refractivity contribution in [2.24, 2.45) is 16.7 Å². The fraction of sp³-hybridized carbons (Fsp3) is 0.741. The van der Waals surface area contributed by atoms with Crippen LogP contribution < -0.4 is 4.74 Å². The van der Waals surface area contributed by atoms with E-state index in [-0.39, 0.29) is 17.5 Å². The molecule has 0 aliphatic heterocycles. The maximum absolute atomic E-state index is 11.4. The molecule has 0 spiro atoms. The molecule has 0 aromatic heterocycles. The zero-order valence-electron chi connectivity index (χ0n) is 19.2. The van der Waals surface area contributed by atoms with E-state index in [2.05, 4.69) is 26.0 Å². The van der Waals surface area contributed by atoms with Crippen molar-refractivity contribution in [3.05, 3.63) is 29.3 Å². The Labute approximate surface area is 182 Å². The summed E-state index contributed by atoms with van der Waals surface area (Å²) in [6, 6.07) is 6.35. The highest BCUT2D eigenvalue weighted by atomic mass is 16.5. The van der Waals surface area contributed by atoms with Crippen LogP contribution >= 0.6 is 0 Å². The van der Waals surface area contributed by atoms with Gasteiger partial charge in [-0.3, -0.25) is 4.79 Å². The number of esters is 1. The lowest BCUT2D eigenvalue weighted by Crippen LogP contribution is -2.51. The van der Waals surface area contributed by atoms with Gasteiger partial charge in [0.05, 0.1) is 6.10 Å². The van der Waals surface area contributed by atoms with E-state index in [0.29, 0.717) is 23.0 Å². The summed E-state index contributed by atoms with van der Waals surface area (Å²) >= 11 is 0. The number of hydrogen-bond acceptors (Lipinski definition) is 3. The number of fused-ring (bicyclic) bond motifs is 5. The van der Waals surface area contributed by atoms with Crippen molar-refractivity contribution < 1.29 is 14.6 Å². The Morgan fingerprint density at radius 1 is 1.13 bits per heavy atom. The normalized spacial score (nSPS) is 34.7. The highest BCUT2D eigenvalue weighted by Crippen LogP contribution is 2.68. The average molecular weight is 413 g/mol. The first-order chi connectivity index (χ1) is 14.4. The number of aliphatic hydroxyl groups excluding tert-OH is 1. The summed E-state index contributed by atoms with van der Waals surface area (Å²) in [7, 11) is 0. The number of hydrogen-bond donors (Lipinski definition) is 1. The Morgan fingerprint density at radius 2 is 1.93 bits per heavy atom. The van der Waals surface area contributed by atoms with Gasteiger partial charge in [0.25, 0.3) is 0 Å². The zero-order chi connectivity index (χ0) is 21.4. The van der Waals surface area contributed by atoms with Gasteiger partial charge in [-0.1, -0.05) is 52.0 Å². The molecule has 5 atom stereocenters. The molecule has 2 saturated carbocycles. The minimum atomic E-state index is -0.249. The molecular formula is C27H40O3. The molecule has 3 heteroatoms. The smallest absolute Gasteiger partial charge is 0.308 e. The summed E-state index contributed by atoms with van der Waals surface area (Å²) in [6.07, 6.45) is 14.6. The number of carbonyl (C=O) groups excluding carboxylic acids is 1. The van der Waals surface area contributed by atoms with Gasteiger partial charge in [-0.15, -0.1) is 0 Å². The first kappa shape index (κ1) is 21.9. The van der Waals surface area contributed by atoms with E-state index in [1.165, 1.54) is 75.8 Å². The summed E-state index contributed by atoms with van der Waals surface area (Å²) in [5, 5.41) is 10.9. The minimum Gasteiger partial charge on any atom is -0.427 e. The summed E-state index contributed by atoms with van der Waals surface area (Å²) in [5.41, 5.74) is 3.29. The number of carbonyl (C=O) groups is 1. The predicted octanol–water partition coefficient (Wildman–Crippen LogP) is 6.56. The topological polar surface area (TPSA) is 46.5 Å². The van der Waals surface area contributed by atoms with Gasteiger partial charge in [-0.05, 0) is 90.9 Å². The van der Waals surface area contributed by atoms with Crippen LogP contribution in [-0.4, -0.2) is 17.2 Å². The van der Waals surface area contributed by atoms with Gasteiger partial charge in [0.2, 0.25) is 0 Å². The molecule has 1 aromatic carbocycles. The molecule has 0 saturated heterocycles. The number of rotatable bonds is 7. The van der Waals surface area contributed by atoms with Crippen LogP contribution in [-0.2, 0) is 11.2 Å². The van der Waals surface area contributed by atoms with Gasteiger partial charge in [-0.25, -0.2) is 0 Å². The molecule has 0 unspecified atom stereocenters. The Kier molecular flexibility index (Phi) is 6.30. The van der Waals surface area contributed by atoms with E-state index in [1.807, 2.05) is 6.07 Å². The van der Waals surface area contributed by atoms with E-state index in [0.717, 1.165) is 19.3 Å². The van der Waals surface area contributed by atoms with Crippen LogP contribution in [0.2, 0.25) is 0 Å². The van der Waals surface area contributed by atoms with Crippen LogP contribution in [0.1, 0.15) is 108 Å². The lowest BCUT2D eigenvalue weighted by molar-refractivity contribution is -0.131. The number of aliphatic hydroxyl groups is 1. The quantitative estimate of drug-likeness (QED) is 0.313. The molecule has 4 rings (SSSR count). The summed E-state index contributed by atoms with van der Waals surface area (Å²) < 4.78 is 5.37. The van der Waals surface area contributed by atoms with Crippen LogP contribution in [0, 0.1) is 16.7 Å². The molecule has 3 aliphatic carbocycles. The molecule has 2 fully saturated rings. The monoisotopic (exact) mass is 412 g/mol. The number of unbranched alkanes of at least 4 members (excludes halogenated alkanes) is 4. The minimum absolute atomic E-state index is 0.0924. The second kappa shape index (κ2) is 8.65. The molecule has 1 aromatic rings. The van der Waals surface area contributed by atoms with E-state index in [1.54, 1.807) is 0 Å². The first-order valence-corrected chi connectivity index (χ1v) is 12.4. The lowest BCUT2D eigenvalue weighted by Gasteiger charge is -2.58. The van der Waals surface area contributed by atoms with E-state index in [4.69, 9.17) is 4.74 Å². The van der Waals surface area contributed by atoms with Crippen molar-refractivity contribution in [1.29, 1.82) is 0 Å². The molecule has 30 heavy (non-hydrogen) atoms. The number of aryl methyl sites for hydroxylation is 1.